The van der Waals surface area contributed by atoms with Crippen LogP contribution in [0.15, 0.2) is 0 Å². The molecule has 1 saturated heterocycles. The summed E-state index contributed by atoms with van der Waals surface area (Å²) in [6.07, 6.45) is -3.19. The average molecular weight is 266 g/mol. The molecule has 0 bridgehead atoms. The molecular formula is C12H21F3N2O. The van der Waals surface area contributed by atoms with E-state index in [2.05, 4.69) is 5.32 Å². The minimum atomic E-state index is -4.41. The molecule has 1 N–H and O–H groups in total. The van der Waals surface area contributed by atoms with E-state index >= 15 is 0 Å². The normalized spacial score (nSPS) is 17.8. The van der Waals surface area contributed by atoms with Crippen LogP contribution in [0.2, 0.25) is 0 Å². The third-order valence-corrected chi connectivity index (χ3v) is 3.14. The van der Waals surface area contributed by atoms with Gasteiger partial charge in [0.05, 0.1) is 0 Å². The number of carbonyl (C=O) groups is 1. The summed E-state index contributed by atoms with van der Waals surface area (Å²) in [7, 11) is 0. The zero-order valence-corrected chi connectivity index (χ0v) is 10.7. The van der Waals surface area contributed by atoms with Crippen LogP contribution >= 0.6 is 0 Å². The van der Waals surface area contributed by atoms with Crippen molar-refractivity contribution in [2.45, 2.75) is 38.8 Å². The third kappa shape index (κ3) is 5.71. The van der Waals surface area contributed by atoms with E-state index in [1.54, 1.807) is 0 Å². The van der Waals surface area contributed by atoms with E-state index in [4.69, 9.17) is 0 Å². The molecule has 106 valence electrons. The van der Waals surface area contributed by atoms with E-state index in [0.29, 0.717) is 25.4 Å². The highest BCUT2D eigenvalue weighted by molar-refractivity contribution is 5.76. The van der Waals surface area contributed by atoms with Gasteiger partial charge >= 0.3 is 6.18 Å². The lowest BCUT2D eigenvalue weighted by atomic mass is 9.97. The molecule has 1 rings (SSSR count). The highest BCUT2D eigenvalue weighted by Gasteiger charge is 2.33. The third-order valence-electron chi connectivity index (χ3n) is 3.14. The van der Waals surface area contributed by atoms with E-state index in [1.165, 1.54) is 4.90 Å². The standard InChI is InChI=1S/C12H21F3N2O/c1-2-7-17(11(18)8-12(13,14)15)9-10-3-5-16-6-4-10/h10,16H,2-9H2,1H3. The van der Waals surface area contributed by atoms with Crippen molar-refractivity contribution in [3.8, 4) is 0 Å². The van der Waals surface area contributed by atoms with E-state index < -0.39 is 18.5 Å². The maximum absolute atomic E-state index is 12.2. The lowest BCUT2D eigenvalue weighted by molar-refractivity contribution is -0.162. The SMILES string of the molecule is CCCN(CC1CCNCC1)C(=O)CC(F)(F)F. The zero-order valence-electron chi connectivity index (χ0n) is 10.7. The van der Waals surface area contributed by atoms with Crippen LogP contribution in [0.4, 0.5) is 13.2 Å². The summed E-state index contributed by atoms with van der Waals surface area (Å²) in [5.41, 5.74) is 0. The van der Waals surface area contributed by atoms with E-state index in [-0.39, 0.29) is 0 Å². The van der Waals surface area contributed by atoms with Gasteiger partial charge in [0.2, 0.25) is 5.91 Å². The van der Waals surface area contributed by atoms with E-state index in [0.717, 1.165) is 25.9 Å². The van der Waals surface area contributed by atoms with Gasteiger partial charge in [-0.15, -0.1) is 0 Å². The Labute approximate surface area is 106 Å². The first-order valence-electron chi connectivity index (χ1n) is 6.47. The highest BCUT2D eigenvalue weighted by atomic mass is 19.4. The number of amides is 1. The van der Waals surface area contributed by atoms with Gasteiger partial charge in [0.1, 0.15) is 6.42 Å². The molecule has 1 fully saturated rings. The Morgan fingerprint density at radius 1 is 1.33 bits per heavy atom. The Kier molecular flexibility index (Phi) is 5.91. The lowest BCUT2D eigenvalue weighted by Crippen LogP contribution is -2.41. The van der Waals surface area contributed by atoms with Gasteiger partial charge in [-0.05, 0) is 38.3 Å². The molecular weight excluding hydrogens is 245 g/mol. The van der Waals surface area contributed by atoms with Crippen molar-refractivity contribution >= 4 is 5.91 Å². The molecule has 1 aliphatic rings. The van der Waals surface area contributed by atoms with Crippen LogP contribution in [-0.2, 0) is 4.79 Å². The summed E-state index contributed by atoms with van der Waals surface area (Å²) in [5.74, 6) is -0.460. The predicted molar refractivity (Wildman–Crippen MR) is 63.1 cm³/mol. The van der Waals surface area contributed by atoms with Crippen molar-refractivity contribution in [2.75, 3.05) is 26.2 Å². The van der Waals surface area contributed by atoms with Crippen LogP contribution in [0.5, 0.6) is 0 Å². The fourth-order valence-electron chi connectivity index (χ4n) is 2.25. The molecule has 3 nitrogen and oxygen atoms in total. The number of piperidine rings is 1. The Bertz CT molecular complexity index is 263. The monoisotopic (exact) mass is 266 g/mol. The minimum Gasteiger partial charge on any atom is -0.342 e. The Morgan fingerprint density at radius 2 is 1.94 bits per heavy atom. The maximum atomic E-state index is 12.2. The number of hydrogen-bond donors (Lipinski definition) is 1. The second-order valence-corrected chi connectivity index (χ2v) is 4.83. The second-order valence-electron chi connectivity index (χ2n) is 4.83. The molecule has 1 heterocycles. The topological polar surface area (TPSA) is 32.3 Å². The van der Waals surface area contributed by atoms with Gasteiger partial charge in [-0.2, -0.15) is 13.2 Å². The van der Waals surface area contributed by atoms with Gasteiger partial charge in [0.15, 0.2) is 0 Å². The highest BCUT2D eigenvalue weighted by Crippen LogP contribution is 2.22. The minimum absolute atomic E-state index is 0.329. The van der Waals surface area contributed by atoms with Gasteiger partial charge in [0.25, 0.3) is 0 Å². The Morgan fingerprint density at radius 3 is 2.44 bits per heavy atom. The average Bonchev–Trinajstić information content (AvgIpc) is 2.27. The molecule has 0 saturated carbocycles. The molecule has 6 heteroatoms. The first-order chi connectivity index (χ1) is 8.42. The van der Waals surface area contributed by atoms with Crippen molar-refractivity contribution < 1.29 is 18.0 Å². The Hall–Kier alpha value is -0.780. The zero-order chi connectivity index (χ0) is 13.6. The van der Waals surface area contributed by atoms with E-state index in [9.17, 15) is 18.0 Å². The number of nitrogens with one attached hydrogen (secondary N) is 1. The van der Waals surface area contributed by atoms with Crippen LogP contribution in [0.1, 0.15) is 32.6 Å². The summed E-state index contributed by atoms with van der Waals surface area (Å²) < 4.78 is 36.7. The number of rotatable bonds is 5. The van der Waals surface area contributed by atoms with Crippen LogP contribution < -0.4 is 5.32 Å². The van der Waals surface area contributed by atoms with Crippen molar-refractivity contribution in [2.24, 2.45) is 5.92 Å². The quantitative estimate of drug-likeness (QED) is 0.827. The predicted octanol–water partition coefficient (Wildman–Crippen LogP) is 2.18. The molecule has 1 aliphatic heterocycles. The van der Waals surface area contributed by atoms with Crippen molar-refractivity contribution in [1.82, 2.24) is 10.2 Å². The first kappa shape index (κ1) is 15.3. The number of hydrogen-bond acceptors (Lipinski definition) is 2. The van der Waals surface area contributed by atoms with Crippen molar-refractivity contribution in [1.29, 1.82) is 0 Å². The molecule has 1 amide bonds. The summed E-state index contributed by atoms with van der Waals surface area (Å²) in [6.45, 7) is 4.52. The molecule has 0 aliphatic carbocycles. The smallest absolute Gasteiger partial charge is 0.342 e. The number of halogens is 3. The fourth-order valence-corrected chi connectivity index (χ4v) is 2.25. The van der Waals surface area contributed by atoms with Crippen LogP contribution in [0.3, 0.4) is 0 Å². The molecule has 0 aromatic rings. The first-order valence-corrected chi connectivity index (χ1v) is 6.47. The molecule has 0 radical (unpaired) electrons. The summed E-state index contributed by atoms with van der Waals surface area (Å²) in [6, 6.07) is 0. The van der Waals surface area contributed by atoms with Crippen LogP contribution in [0, 0.1) is 5.92 Å². The van der Waals surface area contributed by atoms with Gasteiger partial charge in [-0.1, -0.05) is 6.92 Å². The number of alkyl halides is 3. The van der Waals surface area contributed by atoms with E-state index in [1.807, 2.05) is 6.92 Å². The maximum Gasteiger partial charge on any atom is 0.397 e. The van der Waals surface area contributed by atoms with Crippen molar-refractivity contribution in [3.63, 3.8) is 0 Å². The number of nitrogens with zero attached hydrogens (tertiary/aromatic N) is 1. The molecule has 0 aromatic carbocycles. The molecule has 0 spiro atoms. The summed E-state index contributed by atoms with van der Waals surface area (Å²) >= 11 is 0. The Balaban J connectivity index is 2.49. The molecule has 0 unspecified atom stereocenters. The summed E-state index contributed by atoms with van der Waals surface area (Å²) in [5, 5.41) is 3.20. The number of carbonyl (C=O) groups excluding carboxylic acids is 1. The van der Waals surface area contributed by atoms with Gasteiger partial charge in [-0.25, -0.2) is 0 Å². The van der Waals surface area contributed by atoms with Gasteiger partial charge in [-0.3, -0.25) is 4.79 Å². The fraction of sp³-hybridized carbons (Fsp3) is 0.917. The molecule has 0 atom stereocenters. The van der Waals surface area contributed by atoms with Gasteiger partial charge < -0.3 is 10.2 Å². The van der Waals surface area contributed by atoms with Gasteiger partial charge in [0, 0.05) is 13.1 Å². The van der Waals surface area contributed by atoms with Crippen LogP contribution in [0.25, 0.3) is 0 Å². The summed E-state index contributed by atoms with van der Waals surface area (Å²) in [4.78, 5) is 13.0. The van der Waals surface area contributed by atoms with Crippen molar-refractivity contribution in [3.05, 3.63) is 0 Å². The second kappa shape index (κ2) is 6.97. The van der Waals surface area contributed by atoms with Crippen LogP contribution in [-0.4, -0.2) is 43.2 Å². The molecule has 0 aromatic heterocycles. The largest absolute Gasteiger partial charge is 0.397 e. The molecule has 18 heavy (non-hydrogen) atoms. The lowest BCUT2D eigenvalue weighted by Gasteiger charge is -2.30.